The molecule has 2 rings (SSSR count). The lowest BCUT2D eigenvalue weighted by Gasteiger charge is -2.13. The Kier molecular flexibility index (Phi) is 3.81. The van der Waals surface area contributed by atoms with E-state index in [-0.39, 0.29) is 5.75 Å². The Labute approximate surface area is 111 Å². The largest absolute Gasteiger partial charge is 0.494 e. The fourth-order valence-corrected chi connectivity index (χ4v) is 2.80. The van der Waals surface area contributed by atoms with Crippen LogP contribution >= 0.6 is 27.3 Å². The van der Waals surface area contributed by atoms with E-state index in [9.17, 15) is 4.39 Å². The Balaban J connectivity index is 2.40. The van der Waals surface area contributed by atoms with Gasteiger partial charge in [-0.25, -0.2) is 4.39 Å². The molecule has 90 valence electrons. The van der Waals surface area contributed by atoms with Crippen molar-refractivity contribution in [2.75, 3.05) is 7.11 Å². The first-order chi connectivity index (χ1) is 8.13. The summed E-state index contributed by atoms with van der Waals surface area (Å²) in [6.45, 7) is 0. The minimum atomic E-state index is -0.479. The summed E-state index contributed by atoms with van der Waals surface area (Å²) in [4.78, 5) is 0. The maximum Gasteiger partial charge on any atom is 0.170 e. The van der Waals surface area contributed by atoms with Gasteiger partial charge in [0, 0.05) is 5.56 Å². The maximum absolute atomic E-state index is 14.0. The average Bonchev–Trinajstić information content (AvgIpc) is 2.75. The maximum atomic E-state index is 14.0. The van der Waals surface area contributed by atoms with Crippen LogP contribution in [-0.2, 0) is 0 Å². The van der Waals surface area contributed by atoms with Crippen molar-refractivity contribution in [1.82, 2.24) is 0 Å². The molecule has 0 spiro atoms. The quantitative estimate of drug-likeness (QED) is 0.937. The zero-order valence-electron chi connectivity index (χ0n) is 9.11. The van der Waals surface area contributed by atoms with Crippen molar-refractivity contribution in [3.8, 4) is 5.75 Å². The monoisotopic (exact) mass is 315 g/mol. The first-order valence-electron chi connectivity index (χ1n) is 4.95. The summed E-state index contributed by atoms with van der Waals surface area (Å²) >= 11 is 4.89. The van der Waals surface area contributed by atoms with Crippen LogP contribution in [0.5, 0.6) is 5.75 Å². The first-order valence-corrected chi connectivity index (χ1v) is 6.62. The molecule has 0 fully saturated rings. The van der Waals surface area contributed by atoms with Crippen molar-refractivity contribution in [1.29, 1.82) is 0 Å². The number of hydrogen-bond acceptors (Lipinski definition) is 3. The van der Waals surface area contributed by atoms with Gasteiger partial charge in [0.05, 0.1) is 16.9 Å². The van der Waals surface area contributed by atoms with Crippen LogP contribution in [0.2, 0.25) is 0 Å². The Morgan fingerprint density at radius 2 is 2.24 bits per heavy atom. The lowest BCUT2D eigenvalue weighted by Crippen LogP contribution is -2.13. The molecule has 2 aromatic rings. The Morgan fingerprint density at radius 1 is 1.47 bits per heavy atom. The molecule has 0 aliphatic rings. The van der Waals surface area contributed by atoms with Crippen molar-refractivity contribution in [3.05, 3.63) is 50.4 Å². The molecular weight excluding hydrogens is 305 g/mol. The molecular formula is C12H11BrFNOS. The van der Waals surface area contributed by atoms with Crippen LogP contribution in [0, 0.1) is 5.82 Å². The second-order valence-electron chi connectivity index (χ2n) is 3.53. The van der Waals surface area contributed by atoms with Crippen molar-refractivity contribution in [2.45, 2.75) is 6.04 Å². The van der Waals surface area contributed by atoms with Crippen LogP contribution in [0.15, 0.2) is 33.4 Å². The van der Waals surface area contributed by atoms with E-state index in [1.54, 1.807) is 18.2 Å². The molecule has 0 saturated carbocycles. The molecule has 0 radical (unpaired) electrons. The summed E-state index contributed by atoms with van der Waals surface area (Å²) in [5, 5.41) is 1.91. The second kappa shape index (κ2) is 5.16. The van der Waals surface area contributed by atoms with Gasteiger partial charge in [0.2, 0.25) is 0 Å². The van der Waals surface area contributed by atoms with Gasteiger partial charge >= 0.3 is 0 Å². The van der Waals surface area contributed by atoms with E-state index in [1.165, 1.54) is 18.4 Å². The van der Waals surface area contributed by atoms with Gasteiger partial charge < -0.3 is 10.5 Å². The van der Waals surface area contributed by atoms with Gasteiger partial charge in [-0.2, -0.15) is 0 Å². The van der Waals surface area contributed by atoms with Gasteiger partial charge in [-0.15, -0.1) is 11.3 Å². The highest BCUT2D eigenvalue weighted by atomic mass is 79.9. The Bertz CT molecular complexity index is 529. The van der Waals surface area contributed by atoms with Gasteiger partial charge in [0.25, 0.3) is 0 Å². The summed E-state index contributed by atoms with van der Waals surface area (Å²) in [5.74, 6) is -0.183. The smallest absolute Gasteiger partial charge is 0.170 e. The molecule has 1 aromatic heterocycles. The molecule has 0 amide bonds. The second-order valence-corrected chi connectivity index (χ2v) is 5.82. The summed E-state index contributed by atoms with van der Waals surface area (Å²) in [7, 11) is 1.44. The summed E-state index contributed by atoms with van der Waals surface area (Å²) in [5.41, 5.74) is 7.37. The molecule has 0 saturated heterocycles. The molecule has 1 unspecified atom stereocenters. The number of methoxy groups -OCH3 is 1. The van der Waals surface area contributed by atoms with Gasteiger partial charge in [-0.05, 0) is 39.0 Å². The topological polar surface area (TPSA) is 35.2 Å². The van der Waals surface area contributed by atoms with Crippen molar-refractivity contribution >= 4 is 27.3 Å². The third-order valence-electron chi connectivity index (χ3n) is 2.49. The number of ether oxygens (including phenoxy) is 1. The SMILES string of the molecule is COc1cccc(C(N)c2csc(Br)c2)c1F. The standard InChI is InChI=1S/C12H11BrFNOS/c1-16-9-4-2-3-8(11(9)14)12(15)7-5-10(13)17-6-7/h2-6,12H,15H2,1H3. The van der Waals surface area contributed by atoms with Crippen LogP contribution < -0.4 is 10.5 Å². The highest BCUT2D eigenvalue weighted by Crippen LogP contribution is 2.31. The number of nitrogens with two attached hydrogens (primary N) is 1. The molecule has 1 heterocycles. The highest BCUT2D eigenvalue weighted by Gasteiger charge is 2.17. The number of thiophene rings is 1. The molecule has 5 heteroatoms. The van der Waals surface area contributed by atoms with E-state index in [0.29, 0.717) is 5.56 Å². The zero-order valence-corrected chi connectivity index (χ0v) is 11.5. The zero-order chi connectivity index (χ0) is 12.4. The van der Waals surface area contributed by atoms with E-state index < -0.39 is 11.9 Å². The molecule has 1 aromatic carbocycles. The van der Waals surface area contributed by atoms with Gasteiger partial charge in [-0.3, -0.25) is 0 Å². The molecule has 2 N–H and O–H groups in total. The van der Waals surface area contributed by atoms with Crippen molar-refractivity contribution < 1.29 is 9.13 Å². The van der Waals surface area contributed by atoms with E-state index in [1.807, 2.05) is 11.4 Å². The minimum absolute atomic E-state index is 0.215. The van der Waals surface area contributed by atoms with Crippen LogP contribution in [0.4, 0.5) is 4.39 Å². The molecule has 0 aliphatic carbocycles. The average molecular weight is 316 g/mol. The van der Waals surface area contributed by atoms with Gasteiger partial charge in [-0.1, -0.05) is 12.1 Å². The normalized spacial score (nSPS) is 12.5. The van der Waals surface area contributed by atoms with Crippen LogP contribution in [0.3, 0.4) is 0 Å². The predicted molar refractivity (Wildman–Crippen MR) is 71.0 cm³/mol. The van der Waals surface area contributed by atoms with Crippen LogP contribution in [0.25, 0.3) is 0 Å². The lowest BCUT2D eigenvalue weighted by atomic mass is 10.0. The third kappa shape index (κ3) is 2.51. The molecule has 0 bridgehead atoms. The summed E-state index contributed by atoms with van der Waals surface area (Å²) in [6.07, 6.45) is 0. The van der Waals surface area contributed by atoms with E-state index >= 15 is 0 Å². The molecule has 2 nitrogen and oxygen atoms in total. The fraction of sp³-hybridized carbons (Fsp3) is 0.167. The number of halogens is 2. The van der Waals surface area contributed by atoms with Crippen molar-refractivity contribution in [3.63, 3.8) is 0 Å². The molecule has 1 atom stereocenters. The molecule has 17 heavy (non-hydrogen) atoms. The number of hydrogen-bond donors (Lipinski definition) is 1. The molecule has 0 aliphatic heterocycles. The first kappa shape index (κ1) is 12.5. The lowest BCUT2D eigenvalue weighted by molar-refractivity contribution is 0.383. The summed E-state index contributed by atoms with van der Waals surface area (Å²) in [6, 6.07) is 6.41. The predicted octanol–water partition coefficient (Wildman–Crippen LogP) is 3.71. The minimum Gasteiger partial charge on any atom is -0.494 e. The van der Waals surface area contributed by atoms with Crippen molar-refractivity contribution in [2.24, 2.45) is 5.73 Å². The Hall–Kier alpha value is -0.910. The Morgan fingerprint density at radius 3 is 2.82 bits per heavy atom. The van der Waals surface area contributed by atoms with Gasteiger partial charge in [0.1, 0.15) is 0 Å². The van der Waals surface area contributed by atoms with E-state index in [2.05, 4.69) is 15.9 Å². The fourth-order valence-electron chi connectivity index (χ4n) is 1.59. The van der Waals surface area contributed by atoms with Gasteiger partial charge in [0.15, 0.2) is 11.6 Å². The van der Waals surface area contributed by atoms with E-state index in [0.717, 1.165) is 9.35 Å². The third-order valence-corrected chi connectivity index (χ3v) is 4.02. The van der Waals surface area contributed by atoms with Crippen LogP contribution in [0.1, 0.15) is 17.2 Å². The number of rotatable bonds is 3. The van der Waals surface area contributed by atoms with Crippen LogP contribution in [-0.4, -0.2) is 7.11 Å². The summed E-state index contributed by atoms with van der Waals surface area (Å²) < 4.78 is 19.9. The van der Waals surface area contributed by atoms with E-state index in [4.69, 9.17) is 10.5 Å². The highest BCUT2D eigenvalue weighted by molar-refractivity contribution is 9.11. The number of benzene rings is 1.